The van der Waals surface area contributed by atoms with Crippen LogP contribution in [0.2, 0.25) is 5.02 Å². The molecule has 4 nitrogen and oxygen atoms in total. The van der Waals surface area contributed by atoms with E-state index in [4.69, 9.17) is 11.6 Å². The minimum absolute atomic E-state index is 0.0986. The number of carbonyl (C=O) groups excluding carboxylic acids is 2. The van der Waals surface area contributed by atoms with Crippen molar-refractivity contribution in [1.29, 1.82) is 0 Å². The van der Waals surface area contributed by atoms with E-state index in [2.05, 4.69) is 5.32 Å². The van der Waals surface area contributed by atoms with Crippen molar-refractivity contribution < 1.29 is 18.4 Å². The largest absolute Gasteiger partial charge is 0.325 e. The van der Waals surface area contributed by atoms with E-state index in [0.717, 1.165) is 6.07 Å². The van der Waals surface area contributed by atoms with E-state index in [-0.39, 0.29) is 23.7 Å². The van der Waals surface area contributed by atoms with Crippen LogP contribution in [0.3, 0.4) is 0 Å². The highest BCUT2D eigenvalue weighted by molar-refractivity contribution is 6.30. The third kappa shape index (κ3) is 3.23. The molecule has 2 aromatic carbocycles. The van der Waals surface area contributed by atoms with Gasteiger partial charge in [0.15, 0.2) is 0 Å². The van der Waals surface area contributed by atoms with Crippen LogP contribution in [0.1, 0.15) is 6.42 Å². The summed E-state index contributed by atoms with van der Waals surface area (Å²) >= 11 is 5.71. The molecule has 0 bridgehead atoms. The Morgan fingerprint density at radius 1 is 1.17 bits per heavy atom. The van der Waals surface area contributed by atoms with Crippen LogP contribution < -0.4 is 10.2 Å². The summed E-state index contributed by atoms with van der Waals surface area (Å²) in [6, 6.07) is 9.25. The molecule has 3 rings (SSSR count). The van der Waals surface area contributed by atoms with Gasteiger partial charge in [0.1, 0.15) is 17.6 Å². The van der Waals surface area contributed by atoms with Crippen LogP contribution >= 0.6 is 11.6 Å². The maximum atomic E-state index is 14.0. The summed E-state index contributed by atoms with van der Waals surface area (Å²) in [6.45, 7) is 0.235. The molecule has 0 radical (unpaired) electrons. The fourth-order valence-electron chi connectivity index (χ4n) is 2.63. The second-order valence-electron chi connectivity index (χ2n) is 5.42. The van der Waals surface area contributed by atoms with Gasteiger partial charge in [-0.3, -0.25) is 9.59 Å². The lowest BCUT2D eigenvalue weighted by atomic mass is 10.1. The summed E-state index contributed by atoms with van der Waals surface area (Å²) in [5, 5.41) is 2.80. The molecule has 1 aliphatic rings. The molecule has 1 N–H and O–H groups in total. The van der Waals surface area contributed by atoms with Crippen molar-refractivity contribution in [3.63, 3.8) is 0 Å². The van der Waals surface area contributed by atoms with E-state index in [1.54, 1.807) is 0 Å². The highest BCUT2D eigenvalue weighted by Gasteiger charge is 2.38. The second-order valence-corrected chi connectivity index (χ2v) is 5.86. The Hall–Kier alpha value is -2.47. The SMILES string of the molecule is O=C(Nc1ccc(F)cc1)C1CCN(c2ccc(Cl)cc2F)C1=O. The molecule has 0 saturated carbocycles. The van der Waals surface area contributed by atoms with Gasteiger partial charge in [0.05, 0.1) is 5.69 Å². The van der Waals surface area contributed by atoms with Crippen LogP contribution in [0, 0.1) is 17.6 Å². The van der Waals surface area contributed by atoms with Gasteiger partial charge in [-0.1, -0.05) is 11.6 Å². The van der Waals surface area contributed by atoms with Gasteiger partial charge in [-0.25, -0.2) is 8.78 Å². The molecule has 1 heterocycles. The molecule has 2 amide bonds. The van der Waals surface area contributed by atoms with Crippen molar-refractivity contribution >= 4 is 34.8 Å². The molecule has 1 saturated heterocycles. The number of nitrogens with one attached hydrogen (secondary N) is 1. The summed E-state index contributed by atoms with van der Waals surface area (Å²) < 4.78 is 26.8. The number of hydrogen-bond donors (Lipinski definition) is 1. The highest BCUT2D eigenvalue weighted by atomic mass is 35.5. The number of amides is 2. The number of halogens is 3. The van der Waals surface area contributed by atoms with Crippen LogP contribution in [0.5, 0.6) is 0 Å². The molecular weight excluding hydrogens is 338 g/mol. The lowest BCUT2D eigenvalue weighted by molar-refractivity contribution is -0.129. The zero-order valence-corrected chi connectivity index (χ0v) is 13.2. The first-order valence-electron chi connectivity index (χ1n) is 7.28. The fourth-order valence-corrected chi connectivity index (χ4v) is 2.78. The van der Waals surface area contributed by atoms with E-state index >= 15 is 0 Å². The van der Waals surface area contributed by atoms with Gasteiger partial charge >= 0.3 is 0 Å². The Kier molecular flexibility index (Phi) is 4.49. The highest BCUT2D eigenvalue weighted by Crippen LogP contribution is 2.29. The molecule has 1 atom stereocenters. The van der Waals surface area contributed by atoms with Crippen molar-refractivity contribution in [3.8, 4) is 0 Å². The summed E-state index contributed by atoms with van der Waals surface area (Å²) in [5.41, 5.74) is 0.492. The van der Waals surface area contributed by atoms with Gasteiger partial charge < -0.3 is 10.2 Å². The van der Waals surface area contributed by atoms with Crippen molar-refractivity contribution in [2.45, 2.75) is 6.42 Å². The zero-order valence-electron chi connectivity index (χ0n) is 12.4. The second kappa shape index (κ2) is 6.57. The molecule has 1 fully saturated rings. The van der Waals surface area contributed by atoms with Crippen LogP contribution in [-0.2, 0) is 9.59 Å². The molecule has 0 spiro atoms. The van der Waals surface area contributed by atoms with Crippen LogP contribution in [0.4, 0.5) is 20.2 Å². The van der Waals surface area contributed by atoms with Crippen LogP contribution in [-0.4, -0.2) is 18.4 Å². The molecule has 2 aromatic rings. The minimum Gasteiger partial charge on any atom is -0.325 e. The van der Waals surface area contributed by atoms with Crippen molar-refractivity contribution in [3.05, 3.63) is 59.1 Å². The number of anilines is 2. The molecular formula is C17H13ClF2N2O2. The number of hydrogen-bond acceptors (Lipinski definition) is 2. The fraction of sp³-hybridized carbons (Fsp3) is 0.176. The first kappa shape index (κ1) is 16.4. The predicted octanol–water partition coefficient (Wildman–Crippen LogP) is 3.61. The molecule has 24 heavy (non-hydrogen) atoms. The average molecular weight is 351 g/mol. The summed E-state index contributed by atoms with van der Waals surface area (Å²) in [5.74, 6) is -2.92. The van der Waals surface area contributed by atoms with E-state index < -0.39 is 29.4 Å². The van der Waals surface area contributed by atoms with E-state index in [9.17, 15) is 18.4 Å². The lowest BCUT2D eigenvalue weighted by Crippen LogP contribution is -2.33. The number of benzene rings is 2. The number of rotatable bonds is 3. The molecule has 124 valence electrons. The average Bonchev–Trinajstić information content (AvgIpc) is 2.91. The Morgan fingerprint density at radius 2 is 1.88 bits per heavy atom. The zero-order chi connectivity index (χ0) is 17.3. The van der Waals surface area contributed by atoms with Gasteiger partial charge in [-0.05, 0) is 48.9 Å². The summed E-state index contributed by atoms with van der Waals surface area (Å²) in [4.78, 5) is 25.9. The topological polar surface area (TPSA) is 49.4 Å². The summed E-state index contributed by atoms with van der Waals surface area (Å²) in [6.07, 6.45) is 0.272. The first-order chi connectivity index (χ1) is 11.5. The van der Waals surface area contributed by atoms with E-state index in [0.29, 0.717) is 5.69 Å². The molecule has 1 aliphatic heterocycles. The van der Waals surface area contributed by atoms with Gasteiger partial charge in [0, 0.05) is 17.3 Å². The Morgan fingerprint density at radius 3 is 2.54 bits per heavy atom. The summed E-state index contributed by atoms with van der Waals surface area (Å²) in [7, 11) is 0. The van der Waals surface area contributed by atoms with Gasteiger partial charge in [0.2, 0.25) is 11.8 Å². The standard InChI is InChI=1S/C17H13ClF2N2O2/c18-10-1-6-15(14(20)9-10)22-8-7-13(17(22)24)16(23)21-12-4-2-11(19)3-5-12/h1-6,9,13H,7-8H2,(H,21,23). The maximum Gasteiger partial charge on any atom is 0.239 e. The number of nitrogens with zero attached hydrogens (tertiary/aromatic N) is 1. The minimum atomic E-state index is -0.912. The monoisotopic (exact) mass is 350 g/mol. The third-order valence-corrected chi connectivity index (χ3v) is 4.07. The quantitative estimate of drug-likeness (QED) is 0.860. The number of carbonyl (C=O) groups is 2. The van der Waals surface area contributed by atoms with Crippen molar-refractivity contribution in [1.82, 2.24) is 0 Å². The normalized spacial score (nSPS) is 17.2. The lowest BCUT2D eigenvalue weighted by Gasteiger charge is -2.17. The molecule has 0 aliphatic carbocycles. The smallest absolute Gasteiger partial charge is 0.239 e. The van der Waals surface area contributed by atoms with Crippen LogP contribution in [0.15, 0.2) is 42.5 Å². The third-order valence-electron chi connectivity index (χ3n) is 3.83. The Balaban J connectivity index is 1.73. The van der Waals surface area contributed by atoms with Gasteiger partial charge in [0.25, 0.3) is 0 Å². The maximum absolute atomic E-state index is 14.0. The van der Waals surface area contributed by atoms with Crippen LogP contribution in [0.25, 0.3) is 0 Å². The van der Waals surface area contributed by atoms with Gasteiger partial charge in [-0.2, -0.15) is 0 Å². The Bertz CT molecular complexity index is 796. The van der Waals surface area contributed by atoms with Gasteiger partial charge in [-0.15, -0.1) is 0 Å². The van der Waals surface area contributed by atoms with E-state index in [1.807, 2.05) is 0 Å². The Labute approximate surface area is 142 Å². The van der Waals surface area contributed by atoms with Crippen molar-refractivity contribution in [2.75, 3.05) is 16.8 Å². The van der Waals surface area contributed by atoms with Crippen molar-refractivity contribution in [2.24, 2.45) is 5.92 Å². The molecule has 1 unspecified atom stereocenters. The first-order valence-corrected chi connectivity index (χ1v) is 7.66. The molecule has 0 aromatic heterocycles. The molecule has 7 heteroatoms. The predicted molar refractivity (Wildman–Crippen MR) is 86.9 cm³/mol. The van der Waals surface area contributed by atoms with E-state index in [1.165, 1.54) is 41.3 Å².